The van der Waals surface area contributed by atoms with Crippen LogP contribution in [0.5, 0.6) is 0 Å². The topological polar surface area (TPSA) is 15.3 Å². The highest BCUT2D eigenvalue weighted by Crippen LogP contribution is 2.31. The summed E-state index contributed by atoms with van der Waals surface area (Å²) in [5.41, 5.74) is 2.62. The fraction of sp³-hybridized carbons (Fsp3) is 0.625. The van der Waals surface area contributed by atoms with Gasteiger partial charge in [0.25, 0.3) is 0 Å². The van der Waals surface area contributed by atoms with E-state index in [1.165, 1.54) is 22.8 Å². The van der Waals surface area contributed by atoms with Crippen LogP contribution in [0, 0.1) is 0 Å². The summed E-state index contributed by atoms with van der Waals surface area (Å²) < 4.78 is 0. The van der Waals surface area contributed by atoms with Gasteiger partial charge in [0.05, 0.1) is 0 Å². The minimum Gasteiger partial charge on any atom is -0.367 e. The molecule has 0 aliphatic carbocycles. The molecule has 1 aliphatic rings. The molecule has 0 radical (unpaired) electrons. The van der Waals surface area contributed by atoms with Gasteiger partial charge in [0.2, 0.25) is 0 Å². The smallest absolute Gasteiger partial charge is 0.0471 e. The first-order valence-corrected chi connectivity index (χ1v) is 8.78. The number of hydrogen-bond acceptors (Lipinski definition) is 3. The van der Waals surface area contributed by atoms with E-state index in [-0.39, 0.29) is 5.54 Å². The van der Waals surface area contributed by atoms with Gasteiger partial charge in [0.15, 0.2) is 0 Å². The Bertz CT molecular complexity index is 456. The Labute approximate surface area is 132 Å². The first-order valence-electron chi connectivity index (χ1n) is 7.25. The average molecular weight is 313 g/mol. The van der Waals surface area contributed by atoms with Crippen molar-refractivity contribution < 1.29 is 0 Å². The molecule has 1 aromatic carbocycles. The minimum absolute atomic E-state index is 0.0970. The Balaban J connectivity index is 2.25. The van der Waals surface area contributed by atoms with E-state index in [1.54, 1.807) is 0 Å². The van der Waals surface area contributed by atoms with Crippen molar-refractivity contribution in [3.05, 3.63) is 28.8 Å². The molecule has 4 heteroatoms. The maximum Gasteiger partial charge on any atom is 0.0471 e. The van der Waals surface area contributed by atoms with Crippen LogP contribution in [-0.2, 0) is 6.54 Å². The van der Waals surface area contributed by atoms with Gasteiger partial charge in [-0.3, -0.25) is 0 Å². The standard InChI is InChI=1S/C16H25ClN2S/c1-12-11-20-9-8-19(12)15-7-5-6-14(17)13(15)10-18-16(2,3)4/h5-7,12,18H,8-11H2,1-4H3. The van der Waals surface area contributed by atoms with Crippen molar-refractivity contribution in [2.24, 2.45) is 0 Å². The van der Waals surface area contributed by atoms with Crippen LogP contribution in [0.2, 0.25) is 5.02 Å². The zero-order chi connectivity index (χ0) is 14.8. The van der Waals surface area contributed by atoms with Crippen LogP contribution >= 0.6 is 23.4 Å². The maximum atomic E-state index is 6.45. The third-order valence-corrected chi connectivity index (χ3v) is 5.11. The molecular weight excluding hydrogens is 288 g/mol. The zero-order valence-corrected chi connectivity index (χ0v) is 14.4. The first-order chi connectivity index (χ1) is 9.38. The number of nitrogens with zero attached hydrogens (tertiary/aromatic N) is 1. The Morgan fingerprint density at radius 3 is 2.80 bits per heavy atom. The lowest BCUT2D eigenvalue weighted by Crippen LogP contribution is -2.42. The quantitative estimate of drug-likeness (QED) is 0.902. The van der Waals surface area contributed by atoms with Gasteiger partial charge >= 0.3 is 0 Å². The van der Waals surface area contributed by atoms with Crippen LogP contribution in [0.1, 0.15) is 33.3 Å². The molecule has 20 heavy (non-hydrogen) atoms. The largest absolute Gasteiger partial charge is 0.367 e. The van der Waals surface area contributed by atoms with E-state index in [4.69, 9.17) is 11.6 Å². The van der Waals surface area contributed by atoms with Crippen LogP contribution in [0.3, 0.4) is 0 Å². The number of benzene rings is 1. The summed E-state index contributed by atoms with van der Waals surface area (Å²) in [5.74, 6) is 2.39. The highest BCUT2D eigenvalue weighted by atomic mass is 35.5. The van der Waals surface area contributed by atoms with E-state index in [2.05, 4.69) is 50.0 Å². The number of nitrogens with one attached hydrogen (secondary N) is 1. The second-order valence-electron chi connectivity index (χ2n) is 6.46. The summed E-state index contributed by atoms with van der Waals surface area (Å²) in [5, 5.41) is 4.42. The van der Waals surface area contributed by atoms with Crippen LogP contribution in [0.4, 0.5) is 5.69 Å². The summed E-state index contributed by atoms with van der Waals surface area (Å²) in [6.45, 7) is 10.8. The van der Waals surface area contributed by atoms with E-state index in [9.17, 15) is 0 Å². The highest BCUT2D eigenvalue weighted by molar-refractivity contribution is 7.99. The van der Waals surface area contributed by atoms with Gasteiger partial charge in [-0.2, -0.15) is 11.8 Å². The minimum atomic E-state index is 0.0970. The number of hydrogen-bond donors (Lipinski definition) is 1. The lowest BCUT2D eigenvalue weighted by atomic mass is 10.1. The first kappa shape index (κ1) is 16.0. The SMILES string of the molecule is CC1CSCCN1c1cccc(Cl)c1CNC(C)(C)C. The van der Waals surface area contributed by atoms with Crippen molar-refractivity contribution in [2.45, 2.75) is 45.8 Å². The molecule has 0 bridgehead atoms. The molecule has 0 spiro atoms. The molecule has 0 saturated carbocycles. The number of thioether (sulfide) groups is 1. The molecule has 2 rings (SSSR count). The fourth-order valence-corrected chi connectivity index (χ4v) is 3.68. The van der Waals surface area contributed by atoms with E-state index in [0.717, 1.165) is 18.1 Å². The number of halogens is 1. The molecule has 0 aromatic heterocycles. The molecule has 112 valence electrons. The predicted molar refractivity (Wildman–Crippen MR) is 92.2 cm³/mol. The molecular formula is C16H25ClN2S. The lowest BCUT2D eigenvalue weighted by molar-refractivity contribution is 0.424. The van der Waals surface area contributed by atoms with E-state index < -0.39 is 0 Å². The molecule has 1 saturated heterocycles. The van der Waals surface area contributed by atoms with E-state index in [1.807, 2.05) is 17.8 Å². The summed E-state index contributed by atoms with van der Waals surface area (Å²) >= 11 is 8.49. The molecule has 1 aromatic rings. The molecule has 1 fully saturated rings. The van der Waals surface area contributed by atoms with Gasteiger partial charge < -0.3 is 10.2 Å². The van der Waals surface area contributed by atoms with Crippen LogP contribution in [0.25, 0.3) is 0 Å². The van der Waals surface area contributed by atoms with Gasteiger partial charge in [-0.05, 0) is 39.8 Å². The van der Waals surface area contributed by atoms with Gasteiger partial charge in [-0.1, -0.05) is 17.7 Å². The van der Waals surface area contributed by atoms with Crippen molar-refractivity contribution in [3.8, 4) is 0 Å². The van der Waals surface area contributed by atoms with E-state index >= 15 is 0 Å². The monoisotopic (exact) mass is 312 g/mol. The molecule has 1 unspecified atom stereocenters. The molecule has 1 atom stereocenters. The van der Waals surface area contributed by atoms with Crippen molar-refractivity contribution in [1.82, 2.24) is 5.32 Å². The van der Waals surface area contributed by atoms with E-state index in [0.29, 0.717) is 6.04 Å². The third-order valence-electron chi connectivity index (χ3n) is 3.57. The summed E-state index contributed by atoms with van der Waals surface area (Å²) in [6.07, 6.45) is 0. The Morgan fingerprint density at radius 1 is 1.40 bits per heavy atom. The fourth-order valence-electron chi connectivity index (χ4n) is 2.43. The van der Waals surface area contributed by atoms with Gasteiger partial charge in [-0.15, -0.1) is 0 Å². The number of rotatable bonds is 3. The molecule has 0 amide bonds. The number of anilines is 1. The molecule has 1 aliphatic heterocycles. The summed E-state index contributed by atoms with van der Waals surface area (Å²) in [4.78, 5) is 2.50. The van der Waals surface area contributed by atoms with Crippen molar-refractivity contribution in [3.63, 3.8) is 0 Å². The van der Waals surface area contributed by atoms with Gasteiger partial charge in [0, 0.05) is 52.4 Å². The second-order valence-corrected chi connectivity index (χ2v) is 8.02. The van der Waals surface area contributed by atoms with Gasteiger partial charge in [0.1, 0.15) is 0 Å². The van der Waals surface area contributed by atoms with Crippen molar-refractivity contribution in [1.29, 1.82) is 0 Å². The zero-order valence-electron chi connectivity index (χ0n) is 12.9. The lowest BCUT2D eigenvalue weighted by Gasteiger charge is -2.37. The van der Waals surface area contributed by atoms with Gasteiger partial charge in [-0.25, -0.2) is 0 Å². The molecule has 1 heterocycles. The Kier molecular flexibility index (Phi) is 5.27. The molecule has 1 N–H and O–H groups in total. The summed E-state index contributed by atoms with van der Waals surface area (Å²) in [7, 11) is 0. The summed E-state index contributed by atoms with van der Waals surface area (Å²) in [6, 6.07) is 6.83. The maximum absolute atomic E-state index is 6.45. The normalized spacial score (nSPS) is 20.2. The Morgan fingerprint density at radius 2 is 2.15 bits per heavy atom. The van der Waals surface area contributed by atoms with Crippen LogP contribution in [0.15, 0.2) is 18.2 Å². The van der Waals surface area contributed by atoms with Crippen molar-refractivity contribution in [2.75, 3.05) is 23.0 Å². The average Bonchev–Trinajstić information content (AvgIpc) is 2.36. The van der Waals surface area contributed by atoms with Crippen molar-refractivity contribution >= 4 is 29.1 Å². The molecule has 2 nitrogen and oxygen atoms in total. The highest BCUT2D eigenvalue weighted by Gasteiger charge is 2.22. The predicted octanol–water partition coefficient (Wildman–Crippen LogP) is 4.17. The third kappa shape index (κ3) is 4.06. The van der Waals surface area contributed by atoms with Crippen LogP contribution in [-0.4, -0.2) is 29.6 Å². The second kappa shape index (κ2) is 6.59. The van der Waals surface area contributed by atoms with Crippen LogP contribution < -0.4 is 10.2 Å². The Hall–Kier alpha value is -0.380.